The minimum atomic E-state index is -0.948. The van der Waals surface area contributed by atoms with Crippen molar-refractivity contribution in [2.24, 2.45) is 5.92 Å². The van der Waals surface area contributed by atoms with Crippen LogP contribution in [-0.2, 0) is 16.0 Å². The molecule has 2 aromatic heterocycles. The Kier molecular flexibility index (Phi) is 6.19. The van der Waals surface area contributed by atoms with E-state index in [-0.39, 0.29) is 17.8 Å². The third kappa shape index (κ3) is 4.14. The summed E-state index contributed by atoms with van der Waals surface area (Å²) in [4.78, 5) is 19.7. The van der Waals surface area contributed by atoms with Crippen LogP contribution in [0.4, 0.5) is 8.78 Å². The molecule has 0 saturated carbocycles. The van der Waals surface area contributed by atoms with Crippen molar-refractivity contribution >= 4 is 22.3 Å². The summed E-state index contributed by atoms with van der Waals surface area (Å²) < 4.78 is 34.2. The van der Waals surface area contributed by atoms with Crippen LogP contribution in [0, 0.1) is 17.6 Å². The van der Waals surface area contributed by atoms with Crippen LogP contribution in [0.5, 0.6) is 5.88 Å². The van der Waals surface area contributed by atoms with Crippen molar-refractivity contribution < 1.29 is 23.4 Å². The number of fused-ring (bicyclic) bond motifs is 1. The Balaban J connectivity index is 1.69. The van der Waals surface area contributed by atoms with Crippen LogP contribution in [0.15, 0.2) is 18.2 Å². The van der Waals surface area contributed by atoms with Crippen LogP contribution in [-0.4, -0.2) is 50.3 Å². The summed E-state index contributed by atoms with van der Waals surface area (Å²) in [6.45, 7) is 5.13. The number of piperidine rings is 1. The van der Waals surface area contributed by atoms with Crippen molar-refractivity contribution in [1.29, 1.82) is 0 Å². The van der Waals surface area contributed by atoms with Gasteiger partial charge in [-0.2, -0.15) is 4.52 Å². The fraction of sp³-hybridized carbons (Fsp3) is 0.476. The number of likely N-dealkylation sites (tertiary alicyclic amines) is 1. The molecular weight excluding hydrogens is 426 g/mol. The lowest BCUT2D eigenvalue weighted by Gasteiger charge is -2.36. The first kappa shape index (κ1) is 21.6. The molecule has 7 nitrogen and oxygen atoms in total. The van der Waals surface area contributed by atoms with Gasteiger partial charge >= 0.3 is 5.97 Å². The molecule has 1 aliphatic heterocycles. The zero-order valence-corrected chi connectivity index (χ0v) is 18.2. The molecule has 0 spiro atoms. The Morgan fingerprint density at radius 3 is 2.65 bits per heavy atom. The van der Waals surface area contributed by atoms with Gasteiger partial charge < -0.3 is 9.84 Å². The van der Waals surface area contributed by atoms with Gasteiger partial charge in [0, 0.05) is 6.42 Å². The van der Waals surface area contributed by atoms with E-state index in [1.54, 1.807) is 6.92 Å². The van der Waals surface area contributed by atoms with E-state index < -0.39 is 17.7 Å². The molecule has 0 unspecified atom stereocenters. The molecule has 31 heavy (non-hydrogen) atoms. The molecule has 1 aromatic carbocycles. The Morgan fingerprint density at radius 1 is 1.29 bits per heavy atom. The van der Waals surface area contributed by atoms with Gasteiger partial charge in [-0.1, -0.05) is 24.3 Å². The Hall–Kier alpha value is -2.59. The number of hydrogen-bond donors (Lipinski definition) is 1. The van der Waals surface area contributed by atoms with Crippen molar-refractivity contribution in [3.05, 3.63) is 46.1 Å². The summed E-state index contributed by atoms with van der Waals surface area (Å²) in [7, 11) is 0. The number of aryl methyl sites for hydroxylation is 1. The topological polar surface area (TPSA) is 80.0 Å². The SMILES string of the molecule is CCOC(=O)C1CCN([C@@H](c2ccc(F)c(F)c2)c2sc3nc(CC)nn3c2O)CC1. The highest BCUT2D eigenvalue weighted by atomic mass is 32.1. The highest BCUT2D eigenvalue weighted by Gasteiger charge is 2.34. The molecule has 1 atom stereocenters. The van der Waals surface area contributed by atoms with E-state index in [0.29, 0.717) is 60.2 Å². The molecule has 1 fully saturated rings. The second kappa shape index (κ2) is 8.88. The molecule has 4 rings (SSSR count). The van der Waals surface area contributed by atoms with E-state index in [9.17, 15) is 18.7 Å². The Labute approximate surface area is 182 Å². The quantitative estimate of drug-likeness (QED) is 0.577. The van der Waals surface area contributed by atoms with E-state index in [1.165, 1.54) is 21.9 Å². The highest BCUT2D eigenvalue weighted by molar-refractivity contribution is 7.17. The maximum absolute atomic E-state index is 14.1. The van der Waals surface area contributed by atoms with Crippen LogP contribution >= 0.6 is 11.3 Å². The number of esters is 1. The summed E-state index contributed by atoms with van der Waals surface area (Å²) in [5.41, 5.74) is 0.518. The lowest BCUT2D eigenvalue weighted by Crippen LogP contribution is -2.39. The Morgan fingerprint density at radius 2 is 2.03 bits per heavy atom. The molecular formula is C21H24F2N4O3S. The number of rotatable bonds is 6. The number of aromatic nitrogens is 3. The first-order valence-electron chi connectivity index (χ1n) is 10.4. The van der Waals surface area contributed by atoms with Crippen molar-refractivity contribution in [3.63, 3.8) is 0 Å². The number of aromatic hydroxyl groups is 1. The molecule has 166 valence electrons. The van der Waals surface area contributed by atoms with Crippen molar-refractivity contribution in [1.82, 2.24) is 19.5 Å². The second-order valence-corrected chi connectivity index (χ2v) is 8.51. The summed E-state index contributed by atoms with van der Waals surface area (Å²) >= 11 is 1.27. The predicted octanol–water partition coefficient (Wildman–Crippen LogP) is 3.70. The zero-order chi connectivity index (χ0) is 22.1. The van der Waals surface area contributed by atoms with Gasteiger partial charge in [0.15, 0.2) is 17.5 Å². The molecule has 1 aliphatic rings. The van der Waals surface area contributed by atoms with Gasteiger partial charge in [-0.3, -0.25) is 9.69 Å². The third-order valence-corrected chi connectivity index (χ3v) is 6.65. The monoisotopic (exact) mass is 450 g/mol. The standard InChI is InChI=1S/C21H24F2N4O3S/c1-3-16-24-21-27(25-16)19(28)18(31-21)17(13-5-6-14(22)15(23)11-13)26-9-7-12(8-10-26)20(29)30-4-2/h5-6,11-12,17,28H,3-4,7-10H2,1-2H3/t17-/m0/s1. The van der Waals surface area contributed by atoms with Crippen LogP contribution < -0.4 is 0 Å². The van der Waals surface area contributed by atoms with Gasteiger partial charge in [-0.25, -0.2) is 13.8 Å². The molecule has 1 N–H and O–H groups in total. The number of halogens is 2. The first-order chi connectivity index (χ1) is 14.9. The molecule has 10 heteroatoms. The smallest absolute Gasteiger partial charge is 0.309 e. The van der Waals surface area contributed by atoms with Crippen LogP contribution in [0.25, 0.3) is 4.96 Å². The van der Waals surface area contributed by atoms with Crippen LogP contribution in [0.1, 0.15) is 49.0 Å². The second-order valence-electron chi connectivity index (χ2n) is 7.50. The van der Waals surface area contributed by atoms with Crippen LogP contribution in [0.3, 0.4) is 0 Å². The van der Waals surface area contributed by atoms with Gasteiger partial charge in [0.1, 0.15) is 0 Å². The average Bonchev–Trinajstić information content (AvgIpc) is 3.31. The normalized spacial score (nSPS) is 16.6. The van der Waals surface area contributed by atoms with E-state index >= 15 is 0 Å². The van der Waals surface area contributed by atoms with E-state index in [0.717, 1.165) is 12.1 Å². The summed E-state index contributed by atoms with van der Waals surface area (Å²) in [6, 6.07) is 3.25. The minimum Gasteiger partial charge on any atom is -0.492 e. The molecule has 3 heterocycles. The number of carbonyl (C=O) groups is 1. The predicted molar refractivity (Wildman–Crippen MR) is 111 cm³/mol. The number of thiazole rings is 1. The molecule has 0 bridgehead atoms. The fourth-order valence-electron chi connectivity index (χ4n) is 3.98. The van der Waals surface area contributed by atoms with Crippen LogP contribution in [0.2, 0.25) is 0 Å². The van der Waals surface area contributed by atoms with E-state index in [2.05, 4.69) is 15.0 Å². The lowest BCUT2D eigenvalue weighted by atomic mass is 9.93. The Bertz CT molecular complexity index is 1090. The summed E-state index contributed by atoms with van der Waals surface area (Å²) in [5, 5.41) is 15.2. The first-order valence-corrected chi connectivity index (χ1v) is 11.2. The van der Waals surface area contributed by atoms with Gasteiger partial charge in [-0.15, -0.1) is 5.10 Å². The van der Waals surface area contributed by atoms with Gasteiger partial charge in [-0.05, 0) is 50.6 Å². The van der Waals surface area contributed by atoms with Gasteiger partial charge in [0.05, 0.1) is 23.4 Å². The molecule has 0 radical (unpaired) electrons. The van der Waals surface area contributed by atoms with Crippen molar-refractivity contribution in [2.75, 3.05) is 19.7 Å². The lowest BCUT2D eigenvalue weighted by molar-refractivity contribution is -0.149. The summed E-state index contributed by atoms with van der Waals surface area (Å²) in [5.74, 6) is -1.72. The number of hydrogen-bond acceptors (Lipinski definition) is 7. The van der Waals surface area contributed by atoms with Crippen molar-refractivity contribution in [2.45, 2.75) is 39.2 Å². The number of ether oxygens (including phenoxy) is 1. The van der Waals surface area contributed by atoms with Gasteiger partial charge in [0.25, 0.3) is 0 Å². The van der Waals surface area contributed by atoms with E-state index in [1.807, 2.05) is 6.92 Å². The number of carbonyl (C=O) groups excluding carboxylic acids is 1. The highest BCUT2D eigenvalue weighted by Crippen LogP contribution is 2.41. The third-order valence-electron chi connectivity index (χ3n) is 5.58. The molecule has 1 saturated heterocycles. The van der Waals surface area contributed by atoms with Crippen molar-refractivity contribution in [3.8, 4) is 5.88 Å². The number of nitrogens with zero attached hydrogens (tertiary/aromatic N) is 4. The average molecular weight is 451 g/mol. The largest absolute Gasteiger partial charge is 0.492 e. The van der Waals surface area contributed by atoms with E-state index in [4.69, 9.17) is 4.74 Å². The fourth-order valence-corrected chi connectivity index (χ4v) is 5.12. The van der Waals surface area contributed by atoms with Gasteiger partial charge in [0.2, 0.25) is 10.8 Å². The molecule has 0 amide bonds. The number of benzene rings is 1. The minimum absolute atomic E-state index is 0.0607. The zero-order valence-electron chi connectivity index (χ0n) is 17.3. The molecule has 0 aliphatic carbocycles. The maximum atomic E-state index is 14.1. The maximum Gasteiger partial charge on any atom is 0.309 e. The summed E-state index contributed by atoms with van der Waals surface area (Å²) in [6.07, 6.45) is 1.80. The molecule has 3 aromatic rings.